The van der Waals surface area contributed by atoms with Crippen LogP contribution in [0.2, 0.25) is 0 Å². The fourth-order valence-electron chi connectivity index (χ4n) is 4.93. The lowest BCUT2D eigenvalue weighted by Crippen LogP contribution is -2.46. The predicted molar refractivity (Wildman–Crippen MR) is 108 cm³/mol. The van der Waals surface area contributed by atoms with Crippen molar-refractivity contribution in [2.45, 2.75) is 57.0 Å². The van der Waals surface area contributed by atoms with E-state index in [2.05, 4.69) is 39.8 Å². The number of amides is 1. The van der Waals surface area contributed by atoms with Gasteiger partial charge >= 0.3 is 0 Å². The summed E-state index contributed by atoms with van der Waals surface area (Å²) in [6.07, 6.45) is 8.41. The molecule has 1 aliphatic carbocycles. The molecule has 3 aliphatic rings. The van der Waals surface area contributed by atoms with E-state index in [9.17, 15) is 4.79 Å². The van der Waals surface area contributed by atoms with Gasteiger partial charge in [0.15, 0.2) is 0 Å². The molecule has 0 aromatic heterocycles. The van der Waals surface area contributed by atoms with Crippen molar-refractivity contribution in [3.05, 3.63) is 35.4 Å². The summed E-state index contributed by atoms with van der Waals surface area (Å²) in [6.45, 7) is 4.14. The quantitative estimate of drug-likeness (QED) is 0.847. The van der Waals surface area contributed by atoms with Crippen LogP contribution >= 0.6 is 12.4 Å². The van der Waals surface area contributed by atoms with Gasteiger partial charge < -0.3 is 10.6 Å². The van der Waals surface area contributed by atoms with Crippen LogP contribution < -0.4 is 10.6 Å². The highest BCUT2D eigenvalue weighted by molar-refractivity contribution is 5.85. The lowest BCUT2D eigenvalue weighted by molar-refractivity contribution is -0.123. The van der Waals surface area contributed by atoms with Gasteiger partial charge in [0.05, 0.1) is 6.04 Å². The molecule has 1 aromatic carbocycles. The van der Waals surface area contributed by atoms with Gasteiger partial charge in [-0.15, -0.1) is 12.4 Å². The van der Waals surface area contributed by atoms with Crippen LogP contribution in [0, 0.1) is 5.92 Å². The summed E-state index contributed by atoms with van der Waals surface area (Å²) < 4.78 is 0. The minimum atomic E-state index is 0. The number of carbonyl (C=O) groups is 1. The van der Waals surface area contributed by atoms with E-state index < -0.39 is 0 Å². The molecule has 2 heterocycles. The summed E-state index contributed by atoms with van der Waals surface area (Å²) in [5.41, 5.74) is 3.09. The highest BCUT2D eigenvalue weighted by Gasteiger charge is 2.30. The van der Waals surface area contributed by atoms with Gasteiger partial charge in [-0.25, -0.2) is 0 Å². The second-order valence-corrected chi connectivity index (χ2v) is 8.00. The molecule has 1 aromatic rings. The third-order valence-corrected chi connectivity index (χ3v) is 6.27. The molecule has 0 saturated carbocycles. The fraction of sp³-hybridized carbons (Fsp3) is 0.667. The van der Waals surface area contributed by atoms with Crippen LogP contribution in [0.1, 0.15) is 55.7 Å². The second-order valence-electron chi connectivity index (χ2n) is 8.00. The summed E-state index contributed by atoms with van der Waals surface area (Å²) in [4.78, 5) is 14.9. The molecule has 0 spiro atoms. The standard InChI is InChI=1S/C21H31N3O.ClH/c25-21(19-10-4-12-22-19)23-14-16-6-5-13-24(15-16)20-11-3-8-17-7-1-2-9-18(17)20;/h1-2,7,9,16,19-20,22H,3-6,8,10-15H2,(H,23,25);1H. The lowest BCUT2D eigenvalue weighted by Gasteiger charge is -2.41. The number of nitrogens with zero attached hydrogens (tertiary/aromatic N) is 1. The van der Waals surface area contributed by atoms with Gasteiger partial charge in [-0.3, -0.25) is 9.69 Å². The average Bonchev–Trinajstić information content (AvgIpc) is 3.21. The van der Waals surface area contributed by atoms with Gasteiger partial charge in [0.25, 0.3) is 0 Å². The van der Waals surface area contributed by atoms with Gasteiger partial charge in [0.2, 0.25) is 5.91 Å². The number of nitrogens with one attached hydrogen (secondary N) is 2. The van der Waals surface area contributed by atoms with Crippen LogP contribution in [-0.4, -0.2) is 43.0 Å². The monoisotopic (exact) mass is 377 g/mol. The van der Waals surface area contributed by atoms with Gasteiger partial charge in [0.1, 0.15) is 0 Å². The Kier molecular flexibility index (Phi) is 6.96. The first-order valence-electron chi connectivity index (χ1n) is 10.1. The van der Waals surface area contributed by atoms with E-state index in [0.717, 1.165) is 32.5 Å². The number of rotatable bonds is 4. The second kappa shape index (κ2) is 9.20. The molecular formula is C21H32ClN3O. The van der Waals surface area contributed by atoms with Gasteiger partial charge in [-0.05, 0) is 75.1 Å². The number of hydrogen-bond acceptors (Lipinski definition) is 3. The van der Waals surface area contributed by atoms with Crippen LogP contribution in [-0.2, 0) is 11.2 Å². The first-order chi connectivity index (χ1) is 12.3. The lowest BCUT2D eigenvalue weighted by atomic mass is 9.85. The predicted octanol–water partition coefficient (Wildman–Crippen LogP) is 3.07. The van der Waals surface area contributed by atoms with E-state index in [1.54, 1.807) is 11.1 Å². The smallest absolute Gasteiger partial charge is 0.237 e. The molecule has 2 saturated heterocycles. The van der Waals surface area contributed by atoms with Gasteiger partial charge in [-0.2, -0.15) is 0 Å². The van der Waals surface area contributed by atoms with E-state index >= 15 is 0 Å². The minimum Gasteiger partial charge on any atom is -0.354 e. The number of halogens is 1. The number of hydrogen-bond donors (Lipinski definition) is 2. The van der Waals surface area contributed by atoms with E-state index in [4.69, 9.17) is 0 Å². The highest BCUT2D eigenvalue weighted by atomic mass is 35.5. The summed E-state index contributed by atoms with van der Waals surface area (Å²) in [7, 11) is 0. The Bertz CT molecular complexity index is 603. The first-order valence-corrected chi connectivity index (χ1v) is 10.1. The molecule has 0 bridgehead atoms. The van der Waals surface area contributed by atoms with Crippen molar-refractivity contribution in [3.63, 3.8) is 0 Å². The topological polar surface area (TPSA) is 44.4 Å². The Morgan fingerprint density at radius 3 is 2.88 bits per heavy atom. The molecule has 2 fully saturated rings. The average molecular weight is 378 g/mol. The molecule has 2 aliphatic heterocycles. The molecule has 0 radical (unpaired) electrons. The molecule has 2 N–H and O–H groups in total. The molecular weight excluding hydrogens is 346 g/mol. The fourth-order valence-corrected chi connectivity index (χ4v) is 4.93. The van der Waals surface area contributed by atoms with E-state index in [-0.39, 0.29) is 24.4 Å². The largest absolute Gasteiger partial charge is 0.354 e. The van der Waals surface area contributed by atoms with E-state index in [1.807, 2.05) is 0 Å². The Morgan fingerprint density at radius 2 is 2.04 bits per heavy atom. The van der Waals surface area contributed by atoms with Crippen LogP contribution in [0.5, 0.6) is 0 Å². The van der Waals surface area contributed by atoms with Crippen molar-refractivity contribution in [1.82, 2.24) is 15.5 Å². The summed E-state index contributed by atoms with van der Waals surface area (Å²) in [5, 5.41) is 6.50. The summed E-state index contributed by atoms with van der Waals surface area (Å²) >= 11 is 0. The zero-order valence-electron chi connectivity index (χ0n) is 15.6. The Labute approximate surface area is 163 Å². The molecule has 144 valence electrons. The molecule has 4 nitrogen and oxygen atoms in total. The number of benzene rings is 1. The molecule has 4 rings (SSSR count). The van der Waals surface area contributed by atoms with E-state index in [1.165, 1.54) is 38.6 Å². The summed E-state index contributed by atoms with van der Waals surface area (Å²) in [6, 6.07) is 9.62. The maximum atomic E-state index is 12.2. The third kappa shape index (κ3) is 4.41. The zero-order chi connectivity index (χ0) is 17.1. The van der Waals surface area contributed by atoms with Crippen LogP contribution in [0.25, 0.3) is 0 Å². The number of aryl methyl sites for hydroxylation is 1. The maximum absolute atomic E-state index is 12.2. The molecule has 3 atom stereocenters. The number of carbonyl (C=O) groups excluding carboxylic acids is 1. The molecule has 1 amide bonds. The number of piperidine rings is 1. The van der Waals surface area contributed by atoms with Gasteiger partial charge in [-0.1, -0.05) is 24.3 Å². The Morgan fingerprint density at radius 1 is 1.15 bits per heavy atom. The zero-order valence-corrected chi connectivity index (χ0v) is 16.4. The van der Waals surface area contributed by atoms with Crippen LogP contribution in [0.15, 0.2) is 24.3 Å². The van der Waals surface area contributed by atoms with Crippen LogP contribution in [0.4, 0.5) is 0 Å². The highest BCUT2D eigenvalue weighted by Crippen LogP contribution is 2.36. The SMILES string of the molecule is Cl.O=C(NCC1CCCN(C2CCCc3ccccc32)C1)C1CCCN1. The van der Waals surface area contributed by atoms with E-state index in [0.29, 0.717) is 12.0 Å². The van der Waals surface area contributed by atoms with Crippen molar-refractivity contribution < 1.29 is 4.79 Å². The summed E-state index contributed by atoms with van der Waals surface area (Å²) in [5.74, 6) is 0.797. The number of fused-ring (bicyclic) bond motifs is 1. The molecule has 5 heteroatoms. The van der Waals surface area contributed by atoms with Crippen molar-refractivity contribution in [2.75, 3.05) is 26.2 Å². The Balaban J connectivity index is 0.00000196. The van der Waals surface area contributed by atoms with Crippen molar-refractivity contribution in [3.8, 4) is 0 Å². The van der Waals surface area contributed by atoms with Crippen molar-refractivity contribution in [2.24, 2.45) is 5.92 Å². The van der Waals surface area contributed by atoms with Gasteiger partial charge in [0, 0.05) is 19.1 Å². The minimum absolute atomic E-state index is 0. The first kappa shape index (κ1) is 19.7. The normalized spacial score (nSPS) is 28.8. The molecule has 3 unspecified atom stereocenters. The Hall–Kier alpha value is -1.10. The maximum Gasteiger partial charge on any atom is 0.237 e. The number of likely N-dealkylation sites (tertiary alicyclic amines) is 1. The van der Waals surface area contributed by atoms with Crippen molar-refractivity contribution >= 4 is 18.3 Å². The molecule has 26 heavy (non-hydrogen) atoms. The van der Waals surface area contributed by atoms with Crippen LogP contribution in [0.3, 0.4) is 0 Å². The van der Waals surface area contributed by atoms with Crippen molar-refractivity contribution in [1.29, 1.82) is 0 Å². The third-order valence-electron chi connectivity index (χ3n) is 6.27.